The lowest BCUT2D eigenvalue weighted by atomic mass is 10.3. The Morgan fingerprint density at radius 3 is 3.06 bits per heavy atom. The molecule has 1 aromatic heterocycles. The number of hydrogen-bond acceptors (Lipinski definition) is 4. The molecule has 18 heavy (non-hydrogen) atoms. The Labute approximate surface area is 116 Å². The SMILES string of the molecule is CN(CCNc1cccc(Cl)c1)Cc1cscn1. The first-order valence-electron chi connectivity index (χ1n) is 5.79. The fourth-order valence-electron chi connectivity index (χ4n) is 1.66. The average molecular weight is 282 g/mol. The summed E-state index contributed by atoms with van der Waals surface area (Å²) in [5, 5.41) is 6.20. The van der Waals surface area contributed by atoms with E-state index in [9.17, 15) is 0 Å². The van der Waals surface area contributed by atoms with Crippen LogP contribution in [-0.2, 0) is 6.54 Å². The highest BCUT2D eigenvalue weighted by Crippen LogP contribution is 2.14. The van der Waals surface area contributed by atoms with Crippen molar-refractivity contribution in [2.45, 2.75) is 6.54 Å². The maximum absolute atomic E-state index is 5.92. The van der Waals surface area contributed by atoms with Crippen LogP contribution in [0.4, 0.5) is 5.69 Å². The fraction of sp³-hybridized carbons (Fsp3) is 0.308. The second-order valence-corrected chi connectivity index (χ2v) is 5.31. The van der Waals surface area contributed by atoms with Crippen LogP contribution < -0.4 is 5.32 Å². The van der Waals surface area contributed by atoms with Gasteiger partial charge >= 0.3 is 0 Å². The van der Waals surface area contributed by atoms with Gasteiger partial charge in [0.15, 0.2) is 0 Å². The molecule has 0 aliphatic carbocycles. The van der Waals surface area contributed by atoms with Crippen molar-refractivity contribution in [2.75, 3.05) is 25.5 Å². The average Bonchev–Trinajstić information content (AvgIpc) is 2.82. The van der Waals surface area contributed by atoms with Gasteiger partial charge in [-0.1, -0.05) is 17.7 Å². The summed E-state index contributed by atoms with van der Waals surface area (Å²) in [5.41, 5.74) is 4.06. The quantitative estimate of drug-likeness (QED) is 0.880. The molecule has 96 valence electrons. The topological polar surface area (TPSA) is 28.2 Å². The van der Waals surface area contributed by atoms with E-state index < -0.39 is 0 Å². The fourth-order valence-corrected chi connectivity index (χ4v) is 2.40. The van der Waals surface area contributed by atoms with Gasteiger partial charge in [0.1, 0.15) is 0 Å². The molecule has 1 heterocycles. The molecule has 1 N–H and O–H groups in total. The maximum Gasteiger partial charge on any atom is 0.0795 e. The van der Waals surface area contributed by atoms with Crippen molar-refractivity contribution in [3.05, 3.63) is 45.9 Å². The molecule has 0 aliphatic heterocycles. The number of thiazole rings is 1. The van der Waals surface area contributed by atoms with E-state index in [0.29, 0.717) is 0 Å². The Kier molecular flexibility index (Phi) is 4.99. The molecule has 0 radical (unpaired) electrons. The Hall–Kier alpha value is -1.10. The number of nitrogens with zero attached hydrogens (tertiary/aromatic N) is 2. The Morgan fingerprint density at radius 2 is 2.33 bits per heavy atom. The molecule has 0 bridgehead atoms. The molecule has 2 aromatic rings. The van der Waals surface area contributed by atoms with Crippen LogP contribution >= 0.6 is 22.9 Å². The van der Waals surface area contributed by atoms with E-state index in [2.05, 4.69) is 27.6 Å². The summed E-state index contributed by atoms with van der Waals surface area (Å²) >= 11 is 7.56. The van der Waals surface area contributed by atoms with E-state index in [0.717, 1.165) is 36.0 Å². The predicted molar refractivity (Wildman–Crippen MR) is 78.4 cm³/mol. The number of aromatic nitrogens is 1. The minimum atomic E-state index is 0.760. The second kappa shape index (κ2) is 6.73. The zero-order chi connectivity index (χ0) is 12.8. The van der Waals surface area contributed by atoms with Crippen molar-refractivity contribution >= 4 is 28.6 Å². The lowest BCUT2D eigenvalue weighted by Gasteiger charge is -2.16. The Morgan fingerprint density at radius 1 is 1.44 bits per heavy atom. The van der Waals surface area contributed by atoms with Gasteiger partial charge in [-0.25, -0.2) is 4.98 Å². The first-order chi connectivity index (χ1) is 8.74. The van der Waals surface area contributed by atoms with Crippen LogP contribution in [0.2, 0.25) is 5.02 Å². The smallest absolute Gasteiger partial charge is 0.0795 e. The number of benzene rings is 1. The van der Waals surface area contributed by atoms with Gasteiger partial charge in [0.2, 0.25) is 0 Å². The normalized spacial score (nSPS) is 10.8. The number of rotatable bonds is 6. The summed E-state index contributed by atoms with van der Waals surface area (Å²) < 4.78 is 0. The monoisotopic (exact) mass is 281 g/mol. The Balaban J connectivity index is 1.72. The summed E-state index contributed by atoms with van der Waals surface area (Å²) in [4.78, 5) is 6.52. The van der Waals surface area contributed by atoms with Gasteiger partial charge in [0.05, 0.1) is 11.2 Å². The standard InChI is InChI=1S/C13H16ClN3S/c1-17(8-13-9-18-10-16-13)6-5-15-12-4-2-3-11(14)7-12/h2-4,7,9-10,15H,5-6,8H2,1H3. The van der Waals surface area contributed by atoms with Crippen LogP contribution in [0.1, 0.15) is 5.69 Å². The molecule has 0 saturated heterocycles. The van der Waals surface area contributed by atoms with Crippen LogP contribution in [0.3, 0.4) is 0 Å². The minimum Gasteiger partial charge on any atom is -0.384 e. The number of hydrogen-bond donors (Lipinski definition) is 1. The van der Waals surface area contributed by atoms with Gasteiger partial charge in [0.25, 0.3) is 0 Å². The molecule has 2 rings (SSSR count). The largest absolute Gasteiger partial charge is 0.384 e. The highest BCUT2D eigenvalue weighted by atomic mass is 35.5. The molecule has 0 atom stereocenters. The number of nitrogens with one attached hydrogen (secondary N) is 1. The van der Waals surface area contributed by atoms with Gasteiger partial charge in [-0.3, -0.25) is 4.90 Å². The molecule has 0 spiro atoms. The van der Waals surface area contributed by atoms with Gasteiger partial charge < -0.3 is 5.32 Å². The minimum absolute atomic E-state index is 0.760. The summed E-state index contributed by atoms with van der Waals surface area (Å²) in [7, 11) is 2.10. The maximum atomic E-state index is 5.92. The van der Waals surface area contributed by atoms with E-state index >= 15 is 0 Å². The molecule has 0 saturated carbocycles. The van der Waals surface area contributed by atoms with E-state index in [4.69, 9.17) is 11.6 Å². The molecular formula is C13H16ClN3S. The first-order valence-corrected chi connectivity index (χ1v) is 7.11. The van der Waals surface area contributed by atoms with Crippen molar-refractivity contribution in [3.8, 4) is 0 Å². The third kappa shape index (κ3) is 4.29. The van der Waals surface area contributed by atoms with Crippen LogP contribution in [0.15, 0.2) is 35.2 Å². The van der Waals surface area contributed by atoms with E-state index in [1.54, 1.807) is 11.3 Å². The van der Waals surface area contributed by atoms with Gasteiger partial charge in [-0.2, -0.15) is 0 Å². The van der Waals surface area contributed by atoms with Crippen molar-refractivity contribution in [1.29, 1.82) is 0 Å². The van der Waals surface area contributed by atoms with Gasteiger partial charge in [-0.05, 0) is 25.2 Å². The summed E-state index contributed by atoms with van der Waals surface area (Å²) in [6.07, 6.45) is 0. The van der Waals surface area contributed by atoms with Gasteiger partial charge in [-0.15, -0.1) is 11.3 Å². The Bertz CT molecular complexity index is 473. The van der Waals surface area contributed by atoms with Gasteiger partial charge in [0, 0.05) is 35.7 Å². The van der Waals surface area contributed by atoms with Crippen LogP contribution in [0, 0.1) is 0 Å². The first kappa shape index (κ1) is 13.3. The molecule has 0 amide bonds. The third-order valence-electron chi connectivity index (χ3n) is 2.56. The molecular weight excluding hydrogens is 266 g/mol. The molecule has 0 unspecified atom stereocenters. The van der Waals surface area contributed by atoms with Crippen LogP contribution in [0.5, 0.6) is 0 Å². The van der Waals surface area contributed by atoms with Crippen molar-refractivity contribution in [2.24, 2.45) is 0 Å². The summed E-state index contributed by atoms with van der Waals surface area (Å²) in [6.45, 7) is 2.74. The molecule has 0 fully saturated rings. The molecule has 5 heteroatoms. The highest BCUT2D eigenvalue weighted by molar-refractivity contribution is 7.07. The lowest BCUT2D eigenvalue weighted by molar-refractivity contribution is 0.336. The van der Waals surface area contributed by atoms with E-state index in [1.807, 2.05) is 29.8 Å². The molecule has 3 nitrogen and oxygen atoms in total. The zero-order valence-corrected chi connectivity index (χ0v) is 11.8. The van der Waals surface area contributed by atoms with Crippen LogP contribution in [0.25, 0.3) is 0 Å². The lowest BCUT2D eigenvalue weighted by Crippen LogP contribution is -2.24. The third-order valence-corrected chi connectivity index (χ3v) is 3.43. The van der Waals surface area contributed by atoms with E-state index in [1.165, 1.54) is 0 Å². The number of halogens is 1. The second-order valence-electron chi connectivity index (χ2n) is 4.15. The number of likely N-dealkylation sites (N-methyl/N-ethyl adjacent to an activating group) is 1. The summed E-state index contributed by atoms with van der Waals surface area (Å²) in [6, 6.07) is 7.78. The van der Waals surface area contributed by atoms with Crippen molar-refractivity contribution in [3.63, 3.8) is 0 Å². The van der Waals surface area contributed by atoms with E-state index in [-0.39, 0.29) is 0 Å². The predicted octanol–water partition coefficient (Wildman–Crippen LogP) is 3.34. The van der Waals surface area contributed by atoms with Crippen LogP contribution in [-0.4, -0.2) is 30.0 Å². The molecule has 0 aliphatic rings. The van der Waals surface area contributed by atoms with Crippen molar-refractivity contribution < 1.29 is 0 Å². The zero-order valence-electron chi connectivity index (χ0n) is 10.3. The molecule has 1 aromatic carbocycles. The van der Waals surface area contributed by atoms with Crippen molar-refractivity contribution in [1.82, 2.24) is 9.88 Å². The summed E-state index contributed by atoms with van der Waals surface area (Å²) in [5.74, 6) is 0. The number of anilines is 1. The highest BCUT2D eigenvalue weighted by Gasteiger charge is 2.01.